The Kier molecular flexibility index (Phi) is 5.78. The summed E-state index contributed by atoms with van der Waals surface area (Å²) in [5.41, 5.74) is 4.80. The Morgan fingerprint density at radius 2 is 1.94 bits per heavy atom. The second-order valence-electron chi connectivity index (χ2n) is 9.28. The van der Waals surface area contributed by atoms with Crippen molar-refractivity contribution in [1.29, 1.82) is 0 Å². The summed E-state index contributed by atoms with van der Waals surface area (Å²) in [6.45, 7) is 7.86. The minimum Gasteiger partial charge on any atom is -0.376 e. The van der Waals surface area contributed by atoms with Gasteiger partial charge in [0.15, 0.2) is 5.78 Å². The predicted octanol–water partition coefficient (Wildman–Crippen LogP) is 3.45. The van der Waals surface area contributed by atoms with Crippen molar-refractivity contribution in [2.75, 3.05) is 26.2 Å². The molecule has 2 aromatic heterocycles. The van der Waals surface area contributed by atoms with Gasteiger partial charge in [-0.15, -0.1) is 0 Å². The van der Waals surface area contributed by atoms with E-state index in [1.807, 2.05) is 41.8 Å². The Morgan fingerprint density at radius 1 is 1.16 bits per heavy atom. The number of hydrogen-bond donors (Lipinski definition) is 1. The first kappa shape index (κ1) is 21.2. The van der Waals surface area contributed by atoms with Gasteiger partial charge < -0.3 is 14.3 Å². The third-order valence-corrected chi connectivity index (χ3v) is 7.20. The summed E-state index contributed by atoms with van der Waals surface area (Å²) in [4.78, 5) is 30.8. The fraction of sp³-hybridized carbons (Fsp3) is 0.520. The number of H-pyrrole nitrogens is 1. The number of nitrogens with zero attached hydrogens (tertiary/aromatic N) is 3. The highest BCUT2D eigenvalue weighted by Crippen LogP contribution is 2.26. The fourth-order valence-corrected chi connectivity index (χ4v) is 5.42. The van der Waals surface area contributed by atoms with Gasteiger partial charge in [0.1, 0.15) is 0 Å². The first-order valence-electron chi connectivity index (χ1n) is 11.7. The number of likely N-dealkylation sites (tertiary alicyclic amines) is 1. The molecule has 7 heteroatoms. The van der Waals surface area contributed by atoms with Crippen molar-refractivity contribution in [2.45, 2.75) is 58.2 Å². The zero-order valence-corrected chi connectivity index (χ0v) is 19.0. The summed E-state index contributed by atoms with van der Waals surface area (Å²) in [6.07, 6.45) is 4.21. The third-order valence-electron chi connectivity index (χ3n) is 7.20. The van der Waals surface area contributed by atoms with E-state index in [4.69, 9.17) is 4.74 Å². The van der Waals surface area contributed by atoms with Crippen LogP contribution < -0.4 is 5.69 Å². The predicted molar refractivity (Wildman–Crippen MR) is 124 cm³/mol. The van der Waals surface area contributed by atoms with E-state index in [0.29, 0.717) is 6.54 Å². The average Bonchev–Trinajstić information content (AvgIpc) is 3.48. The number of aromatic nitrogens is 3. The van der Waals surface area contributed by atoms with Crippen molar-refractivity contribution in [3.63, 3.8) is 0 Å². The zero-order chi connectivity index (χ0) is 22.2. The van der Waals surface area contributed by atoms with Crippen LogP contribution in [0.2, 0.25) is 0 Å². The van der Waals surface area contributed by atoms with Gasteiger partial charge in [-0.25, -0.2) is 4.79 Å². The van der Waals surface area contributed by atoms with Gasteiger partial charge in [-0.2, -0.15) is 0 Å². The van der Waals surface area contributed by atoms with Gasteiger partial charge in [0.2, 0.25) is 0 Å². The number of benzene rings is 1. The molecule has 1 atom stereocenters. The van der Waals surface area contributed by atoms with Gasteiger partial charge in [-0.05, 0) is 57.7 Å². The summed E-state index contributed by atoms with van der Waals surface area (Å²) in [5.74, 6) is 0.180. The standard InChI is InChI=1S/C25H32N4O3/c1-17-14-21(18(2)28(17)15-20-6-5-13-32-20)24(30)16-27-11-9-19(10-12-27)29-23-8-4-3-7-22(23)26-25(29)31/h3-4,7-8,14,19-20H,5-6,9-13,15-16H2,1-2H3,(H,26,31). The fourth-order valence-electron chi connectivity index (χ4n) is 5.42. The zero-order valence-electron chi connectivity index (χ0n) is 19.0. The number of nitrogens with one attached hydrogen (secondary N) is 1. The monoisotopic (exact) mass is 436 g/mol. The van der Waals surface area contributed by atoms with Crippen LogP contribution in [0, 0.1) is 13.8 Å². The quantitative estimate of drug-likeness (QED) is 0.601. The average molecular weight is 437 g/mol. The molecule has 0 spiro atoms. The number of carbonyl (C=O) groups excluding carboxylic acids is 1. The number of aryl methyl sites for hydroxylation is 1. The second kappa shape index (κ2) is 8.71. The molecule has 4 heterocycles. The largest absolute Gasteiger partial charge is 0.376 e. The van der Waals surface area contributed by atoms with Crippen LogP contribution in [0.4, 0.5) is 0 Å². The number of rotatable bonds is 6. The molecule has 3 aromatic rings. The van der Waals surface area contributed by atoms with Crippen LogP contribution in [0.25, 0.3) is 11.0 Å². The van der Waals surface area contributed by atoms with Crippen LogP contribution in [0.15, 0.2) is 35.1 Å². The van der Waals surface area contributed by atoms with Gasteiger partial charge in [0.25, 0.3) is 0 Å². The van der Waals surface area contributed by atoms with Crippen molar-refractivity contribution in [1.82, 2.24) is 19.0 Å². The van der Waals surface area contributed by atoms with E-state index < -0.39 is 0 Å². The number of aromatic amines is 1. The van der Waals surface area contributed by atoms with Crippen molar-refractivity contribution < 1.29 is 9.53 Å². The SMILES string of the molecule is Cc1cc(C(=O)CN2CCC(n3c(=O)[nH]c4ccccc43)CC2)c(C)n1CC1CCCO1. The molecule has 1 unspecified atom stereocenters. The lowest BCUT2D eigenvalue weighted by Gasteiger charge is -2.32. The normalized spacial score (nSPS) is 20.4. The van der Waals surface area contributed by atoms with E-state index in [2.05, 4.69) is 21.4 Å². The maximum absolute atomic E-state index is 13.1. The van der Waals surface area contributed by atoms with Crippen molar-refractivity contribution in [3.8, 4) is 0 Å². The second-order valence-corrected chi connectivity index (χ2v) is 9.28. The Morgan fingerprint density at radius 3 is 2.69 bits per heavy atom. The molecular formula is C25H32N4O3. The smallest absolute Gasteiger partial charge is 0.326 e. The number of ether oxygens (including phenoxy) is 1. The minimum absolute atomic E-state index is 0.0422. The van der Waals surface area contributed by atoms with Gasteiger partial charge in [-0.3, -0.25) is 14.3 Å². The number of ketones is 1. The van der Waals surface area contributed by atoms with Crippen LogP contribution in [0.5, 0.6) is 0 Å². The molecule has 5 rings (SSSR count). The summed E-state index contributed by atoms with van der Waals surface area (Å²) in [7, 11) is 0. The van der Waals surface area contributed by atoms with Gasteiger partial charge >= 0.3 is 5.69 Å². The summed E-state index contributed by atoms with van der Waals surface area (Å²) < 4.78 is 9.92. The van der Waals surface area contributed by atoms with E-state index in [1.165, 1.54) is 0 Å². The van der Waals surface area contributed by atoms with Gasteiger partial charge in [0, 0.05) is 49.2 Å². The van der Waals surface area contributed by atoms with E-state index in [0.717, 1.165) is 79.9 Å². The molecule has 2 saturated heterocycles. The Balaban J connectivity index is 1.23. The highest BCUT2D eigenvalue weighted by atomic mass is 16.5. The Labute approximate surface area is 188 Å². The van der Waals surface area contributed by atoms with Gasteiger partial charge in [-0.1, -0.05) is 12.1 Å². The molecule has 0 saturated carbocycles. The molecule has 0 amide bonds. The van der Waals surface area contributed by atoms with Crippen LogP contribution in [0.3, 0.4) is 0 Å². The molecule has 32 heavy (non-hydrogen) atoms. The summed E-state index contributed by atoms with van der Waals surface area (Å²) in [5, 5.41) is 0. The molecule has 0 aliphatic carbocycles. The number of hydrogen-bond acceptors (Lipinski definition) is 4. The summed E-state index contributed by atoms with van der Waals surface area (Å²) in [6, 6.07) is 10.0. The molecule has 7 nitrogen and oxygen atoms in total. The highest BCUT2D eigenvalue weighted by Gasteiger charge is 2.26. The molecule has 2 aliphatic rings. The molecule has 1 aromatic carbocycles. The number of imidazole rings is 1. The van der Waals surface area contributed by atoms with E-state index in [1.54, 1.807) is 0 Å². The van der Waals surface area contributed by atoms with Crippen molar-refractivity contribution in [3.05, 3.63) is 57.8 Å². The highest BCUT2D eigenvalue weighted by molar-refractivity contribution is 5.99. The first-order valence-corrected chi connectivity index (χ1v) is 11.7. The van der Waals surface area contributed by atoms with E-state index in [-0.39, 0.29) is 23.6 Å². The number of fused-ring (bicyclic) bond motifs is 1. The number of para-hydroxylation sites is 2. The third kappa shape index (κ3) is 3.95. The minimum atomic E-state index is -0.0422. The lowest BCUT2D eigenvalue weighted by Crippen LogP contribution is -2.39. The van der Waals surface area contributed by atoms with Crippen LogP contribution in [-0.2, 0) is 11.3 Å². The van der Waals surface area contributed by atoms with Crippen LogP contribution in [0.1, 0.15) is 53.5 Å². The molecule has 0 bridgehead atoms. The number of Topliss-reactive ketones (excluding diaryl/α,β-unsaturated/α-hetero) is 1. The summed E-state index contributed by atoms with van der Waals surface area (Å²) >= 11 is 0. The number of carbonyl (C=O) groups is 1. The molecular weight excluding hydrogens is 404 g/mol. The molecule has 2 fully saturated rings. The Hall–Kier alpha value is -2.64. The lowest BCUT2D eigenvalue weighted by atomic mass is 10.0. The Bertz CT molecular complexity index is 1170. The number of piperidine rings is 1. The van der Waals surface area contributed by atoms with Crippen LogP contribution in [-0.4, -0.2) is 57.1 Å². The molecule has 0 radical (unpaired) electrons. The van der Waals surface area contributed by atoms with Gasteiger partial charge in [0.05, 0.1) is 23.7 Å². The molecule has 2 aliphatic heterocycles. The van der Waals surface area contributed by atoms with Crippen molar-refractivity contribution in [2.24, 2.45) is 0 Å². The maximum atomic E-state index is 13.1. The van der Waals surface area contributed by atoms with E-state index >= 15 is 0 Å². The van der Waals surface area contributed by atoms with E-state index in [9.17, 15) is 9.59 Å². The maximum Gasteiger partial charge on any atom is 0.326 e. The van der Waals surface area contributed by atoms with Crippen LogP contribution >= 0.6 is 0 Å². The first-order chi connectivity index (χ1) is 15.5. The molecule has 1 N–H and O–H groups in total. The lowest BCUT2D eigenvalue weighted by molar-refractivity contribution is 0.0893. The molecule has 170 valence electrons. The topological polar surface area (TPSA) is 72.3 Å². The van der Waals surface area contributed by atoms with Crippen molar-refractivity contribution >= 4 is 16.8 Å².